The number of hydrogen-bond donors (Lipinski definition) is 1. The van der Waals surface area contributed by atoms with E-state index in [1.54, 1.807) is 6.08 Å². The molecule has 1 aromatic carbocycles. The molecule has 1 heterocycles. The highest BCUT2D eigenvalue weighted by Gasteiger charge is 2.07. The third-order valence-electron chi connectivity index (χ3n) is 3.09. The number of anilines is 1. The van der Waals surface area contributed by atoms with E-state index >= 15 is 0 Å². The molecule has 0 spiro atoms. The number of aryl methyl sites for hydroxylation is 2. The molecule has 2 rings (SSSR count). The van der Waals surface area contributed by atoms with E-state index in [1.165, 1.54) is 28.5 Å². The van der Waals surface area contributed by atoms with Crippen molar-refractivity contribution < 1.29 is 4.79 Å². The van der Waals surface area contributed by atoms with Crippen LogP contribution in [0.2, 0.25) is 0 Å². The summed E-state index contributed by atoms with van der Waals surface area (Å²) in [6.45, 7) is 6.07. The molecule has 0 aliphatic carbocycles. The van der Waals surface area contributed by atoms with E-state index in [2.05, 4.69) is 42.3 Å². The van der Waals surface area contributed by atoms with Gasteiger partial charge in [0.1, 0.15) is 0 Å². The van der Waals surface area contributed by atoms with E-state index in [1.807, 2.05) is 24.5 Å². The number of nitrogens with zero attached hydrogens (tertiary/aromatic N) is 1. The summed E-state index contributed by atoms with van der Waals surface area (Å²) in [7, 11) is 0. The molecule has 2 aromatic rings. The van der Waals surface area contributed by atoms with Gasteiger partial charge in [0.25, 0.3) is 0 Å². The number of allylic oxidation sites excluding steroid dienone is 3. The van der Waals surface area contributed by atoms with Crippen molar-refractivity contribution >= 4 is 22.4 Å². The average Bonchev–Trinajstić information content (AvgIpc) is 2.90. The monoisotopic (exact) mass is 298 g/mol. The summed E-state index contributed by atoms with van der Waals surface area (Å²) in [5.41, 5.74) is 4.45. The van der Waals surface area contributed by atoms with Crippen molar-refractivity contribution in [1.29, 1.82) is 0 Å². The zero-order chi connectivity index (χ0) is 15.2. The molecule has 0 bridgehead atoms. The maximum absolute atomic E-state index is 11.7. The van der Waals surface area contributed by atoms with Crippen LogP contribution in [0.15, 0.2) is 47.9 Å². The fraction of sp³-hybridized carbons (Fsp3) is 0.176. The van der Waals surface area contributed by atoms with Crippen molar-refractivity contribution in [3.8, 4) is 11.3 Å². The number of benzene rings is 1. The van der Waals surface area contributed by atoms with Crippen molar-refractivity contribution in [3.05, 3.63) is 59.0 Å². The van der Waals surface area contributed by atoms with Gasteiger partial charge in [0.2, 0.25) is 5.91 Å². The highest BCUT2D eigenvalue weighted by Crippen LogP contribution is 2.26. The van der Waals surface area contributed by atoms with Gasteiger partial charge < -0.3 is 0 Å². The molecule has 0 fully saturated rings. The van der Waals surface area contributed by atoms with Crippen molar-refractivity contribution in [2.24, 2.45) is 0 Å². The van der Waals surface area contributed by atoms with E-state index in [0.717, 1.165) is 11.3 Å². The van der Waals surface area contributed by atoms with Crippen LogP contribution in [0.5, 0.6) is 0 Å². The van der Waals surface area contributed by atoms with Crippen LogP contribution >= 0.6 is 11.3 Å². The minimum absolute atomic E-state index is 0.172. The number of amides is 1. The lowest BCUT2D eigenvalue weighted by Crippen LogP contribution is -2.07. The van der Waals surface area contributed by atoms with Gasteiger partial charge in [-0.05, 0) is 38.0 Å². The molecule has 0 saturated carbocycles. The highest BCUT2D eigenvalue weighted by molar-refractivity contribution is 7.14. The van der Waals surface area contributed by atoms with Crippen LogP contribution in [-0.4, -0.2) is 10.9 Å². The van der Waals surface area contributed by atoms with Gasteiger partial charge >= 0.3 is 0 Å². The van der Waals surface area contributed by atoms with Crippen LogP contribution < -0.4 is 5.32 Å². The number of thiazole rings is 1. The molecule has 4 heteroatoms. The van der Waals surface area contributed by atoms with E-state index < -0.39 is 0 Å². The molecule has 0 unspecified atom stereocenters. The minimum Gasteiger partial charge on any atom is -0.298 e. The first-order valence-electron chi connectivity index (χ1n) is 6.73. The zero-order valence-corrected chi connectivity index (χ0v) is 13.2. The summed E-state index contributed by atoms with van der Waals surface area (Å²) in [6, 6.07) is 6.25. The van der Waals surface area contributed by atoms with Crippen LogP contribution in [0.25, 0.3) is 11.3 Å². The molecule has 0 aliphatic heterocycles. The minimum atomic E-state index is -0.172. The molecule has 1 aromatic heterocycles. The maximum atomic E-state index is 11.7. The number of rotatable bonds is 4. The zero-order valence-electron chi connectivity index (χ0n) is 12.4. The fourth-order valence-corrected chi connectivity index (χ4v) is 2.49. The summed E-state index contributed by atoms with van der Waals surface area (Å²) in [5, 5.41) is 5.33. The Morgan fingerprint density at radius 2 is 2.05 bits per heavy atom. The molecule has 0 saturated heterocycles. The van der Waals surface area contributed by atoms with Gasteiger partial charge in [0, 0.05) is 17.0 Å². The Hall–Kier alpha value is -2.20. The van der Waals surface area contributed by atoms with Gasteiger partial charge in [-0.2, -0.15) is 0 Å². The largest absolute Gasteiger partial charge is 0.298 e. The summed E-state index contributed by atoms with van der Waals surface area (Å²) < 4.78 is 0. The van der Waals surface area contributed by atoms with E-state index in [0.29, 0.717) is 5.13 Å². The quantitative estimate of drug-likeness (QED) is 0.667. The number of hydrogen-bond acceptors (Lipinski definition) is 3. The predicted molar refractivity (Wildman–Crippen MR) is 89.6 cm³/mol. The predicted octanol–water partition coefficient (Wildman–Crippen LogP) is 4.50. The Morgan fingerprint density at radius 1 is 1.24 bits per heavy atom. The van der Waals surface area contributed by atoms with Crippen LogP contribution in [0.3, 0.4) is 0 Å². The lowest BCUT2D eigenvalue weighted by atomic mass is 10.1. The van der Waals surface area contributed by atoms with E-state index in [9.17, 15) is 4.79 Å². The molecule has 21 heavy (non-hydrogen) atoms. The first-order chi connectivity index (χ1) is 10.1. The van der Waals surface area contributed by atoms with Crippen molar-refractivity contribution in [3.63, 3.8) is 0 Å². The molecule has 1 amide bonds. The van der Waals surface area contributed by atoms with Crippen LogP contribution in [0, 0.1) is 13.8 Å². The number of carbonyl (C=O) groups is 1. The first kappa shape index (κ1) is 15.2. The SMILES string of the molecule is C/C=C/C=C/C(=O)Nc1nc(-c2ccc(C)c(C)c2)cs1. The number of aromatic nitrogens is 1. The number of nitrogens with one attached hydrogen (secondary N) is 1. The Balaban J connectivity index is 2.11. The Labute approximate surface area is 129 Å². The Bertz CT molecular complexity index is 699. The topological polar surface area (TPSA) is 42.0 Å². The van der Waals surface area contributed by atoms with Crippen LogP contribution in [0.4, 0.5) is 5.13 Å². The second kappa shape index (κ2) is 6.99. The smallest absolute Gasteiger partial charge is 0.250 e. The third-order valence-corrected chi connectivity index (χ3v) is 3.85. The first-order valence-corrected chi connectivity index (χ1v) is 7.61. The van der Waals surface area contributed by atoms with Gasteiger partial charge in [-0.25, -0.2) is 4.98 Å². The van der Waals surface area contributed by atoms with Gasteiger partial charge in [-0.3, -0.25) is 10.1 Å². The molecule has 0 atom stereocenters. The summed E-state index contributed by atoms with van der Waals surface area (Å²) in [4.78, 5) is 16.1. The molecule has 1 N–H and O–H groups in total. The molecule has 0 aliphatic rings. The Morgan fingerprint density at radius 3 is 2.76 bits per heavy atom. The lowest BCUT2D eigenvalue weighted by molar-refractivity contribution is -0.111. The van der Waals surface area contributed by atoms with Gasteiger partial charge in [0.05, 0.1) is 5.69 Å². The van der Waals surface area contributed by atoms with Gasteiger partial charge in [-0.1, -0.05) is 30.4 Å². The normalized spacial score (nSPS) is 11.4. The van der Waals surface area contributed by atoms with E-state index in [4.69, 9.17) is 0 Å². The molecular weight excluding hydrogens is 280 g/mol. The molecule has 0 radical (unpaired) electrons. The van der Waals surface area contributed by atoms with Gasteiger partial charge in [-0.15, -0.1) is 11.3 Å². The molecule has 3 nitrogen and oxygen atoms in total. The van der Waals surface area contributed by atoms with Crippen LogP contribution in [0.1, 0.15) is 18.1 Å². The molecular formula is C17H18N2OS. The second-order valence-electron chi connectivity index (χ2n) is 4.71. The molecule has 108 valence electrons. The highest BCUT2D eigenvalue weighted by atomic mass is 32.1. The standard InChI is InChI=1S/C17H18N2OS/c1-4-5-6-7-16(20)19-17-18-15(11-21-17)14-9-8-12(2)13(3)10-14/h4-11H,1-3H3,(H,18,19,20)/b5-4+,7-6+. The maximum Gasteiger partial charge on any atom is 0.250 e. The summed E-state index contributed by atoms with van der Waals surface area (Å²) in [5.74, 6) is -0.172. The van der Waals surface area contributed by atoms with Crippen LogP contribution in [-0.2, 0) is 4.79 Å². The summed E-state index contributed by atoms with van der Waals surface area (Å²) >= 11 is 1.43. The van der Waals surface area contributed by atoms with E-state index in [-0.39, 0.29) is 5.91 Å². The second-order valence-corrected chi connectivity index (χ2v) is 5.57. The Kier molecular flexibility index (Phi) is 5.06. The van der Waals surface area contributed by atoms with Crippen molar-refractivity contribution in [2.45, 2.75) is 20.8 Å². The fourth-order valence-electron chi connectivity index (χ4n) is 1.77. The lowest BCUT2D eigenvalue weighted by Gasteiger charge is -2.02. The summed E-state index contributed by atoms with van der Waals surface area (Å²) in [6.07, 6.45) is 6.86. The number of carbonyl (C=O) groups excluding carboxylic acids is 1. The third kappa shape index (κ3) is 4.13. The average molecular weight is 298 g/mol. The van der Waals surface area contributed by atoms with Crippen molar-refractivity contribution in [2.75, 3.05) is 5.32 Å². The van der Waals surface area contributed by atoms with Crippen molar-refractivity contribution in [1.82, 2.24) is 4.98 Å². The van der Waals surface area contributed by atoms with Gasteiger partial charge in [0.15, 0.2) is 5.13 Å².